The van der Waals surface area contributed by atoms with Crippen molar-refractivity contribution in [2.75, 3.05) is 11.4 Å². The number of hydrogen-bond donors (Lipinski definition) is 1. The molecule has 1 aromatic heterocycles. The standard InChI is InChI=1S/C23H23F2N5O4/c24-16-9-14(10-17(25)20(16)15-6-7-18(31)27-21(15)33)30-11-13(8-19(30)32)26-23-29-28-22(34-23)12-4-2-1-3-5-12/h9-10,12,15H,1-8,11H2,(H,27,31,33)/b26-13+. The number of benzene rings is 1. The number of carbonyl (C=O) groups is 3. The molecular formula is C23H23F2N5O4. The van der Waals surface area contributed by atoms with Gasteiger partial charge in [-0.3, -0.25) is 19.7 Å². The Kier molecular flexibility index (Phi) is 5.93. The maximum Gasteiger partial charge on any atom is 0.342 e. The quantitative estimate of drug-likeness (QED) is 0.683. The van der Waals surface area contributed by atoms with Crippen molar-refractivity contribution in [1.29, 1.82) is 0 Å². The number of halogens is 2. The van der Waals surface area contributed by atoms with Crippen molar-refractivity contribution in [2.24, 2.45) is 4.99 Å². The molecule has 3 fully saturated rings. The van der Waals surface area contributed by atoms with Gasteiger partial charge in [0.25, 0.3) is 0 Å². The van der Waals surface area contributed by atoms with E-state index in [0.717, 1.165) is 37.8 Å². The molecule has 1 aromatic carbocycles. The monoisotopic (exact) mass is 471 g/mol. The van der Waals surface area contributed by atoms with E-state index in [1.165, 1.54) is 11.3 Å². The van der Waals surface area contributed by atoms with Crippen LogP contribution in [0.3, 0.4) is 0 Å². The van der Waals surface area contributed by atoms with Gasteiger partial charge in [-0.05, 0) is 31.4 Å². The van der Waals surface area contributed by atoms with Crippen molar-refractivity contribution < 1.29 is 27.6 Å². The van der Waals surface area contributed by atoms with Crippen molar-refractivity contribution in [2.45, 2.75) is 63.2 Å². The number of amides is 3. The van der Waals surface area contributed by atoms with Crippen LogP contribution in [0.15, 0.2) is 21.5 Å². The first-order valence-corrected chi connectivity index (χ1v) is 11.4. The number of imide groups is 1. The van der Waals surface area contributed by atoms with E-state index >= 15 is 0 Å². The molecule has 1 saturated carbocycles. The third-order valence-electron chi connectivity index (χ3n) is 6.60. The van der Waals surface area contributed by atoms with E-state index in [0.29, 0.717) is 11.6 Å². The molecule has 0 spiro atoms. The summed E-state index contributed by atoms with van der Waals surface area (Å²) in [5.74, 6) is -3.80. The summed E-state index contributed by atoms with van der Waals surface area (Å²) in [6, 6.07) is 2.11. The van der Waals surface area contributed by atoms with E-state index in [-0.39, 0.29) is 49.3 Å². The van der Waals surface area contributed by atoms with Gasteiger partial charge in [0.2, 0.25) is 23.6 Å². The number of aromatic nitrogens is 2. The Bertz CT molecular complexity index is 1160. The highest BCUT2D eigenvalue weighted by Gasteiger charge is 2.34. The summed E-state index contributed by atoms with van der Waals surface area (Å²) < 4.78 is 35.4. The van der Waals surface area contributed by atoms with Gasteiger partial charge in [-0.1, -0.05) is 24.4 Å². The zero-order valence-electron chi connectivity index (χ0n) is 18.4. The Morgan fingerprint density at radius 2 is 1.76 bits per heavy atom. The first-order valence-electron chi connectivity index (χ1n) is 11.4. The van der Waals surface area contributed by atoms with Crippen LogP contribution in [-0.4, -0.2) is 40.2 Å². The number of piperidine rings is 1. The van der Waals surface area contributed by atoms with Crippen LogP contribution in [-0.2, 0) is 14.4 Å². The molecule has 3 amide bonds. The number of rotatable bonds is 4. The lowest BCUT2D eigenvalue weighted by Gasteiger charge is -2.23. The predicted octanol–water partition coefficient (Wildman–Crippen LogP) is 3.43. The second kappa shape index (κ2) is 9.03. The van der Waals surface area contributed by atoms with E-state index in [2.05, 4.69) is 20.5 Å². The van der Waals surface area contributed by atoms with Crippen LogP contribution in [0.4, 0.5) is 20.5 Å². The summed E-state index contributed by atoms with van der Waals surface area (Å²) in [5, 5.41) is 10.2. The first kappa shape index (κ1) is 22.3. The topological polar surface area (TPSA) is 118 Å². The Labute approximate surface area is 193 Å². The molecule has 2 aromatic rings. The fourth-order valence-electron chi connectivity index (χ4n) is 4.86. The Hall–Kier alpha value is -3.50. The zero-order chi connectivity index (χ0) is 23.8. The average Bonchev–Trinajstić information content (AvgIpc) is 3.42. The van der Waals surface area contributed by atoms with Gasteiger partial charge >= 0.3 is 6.01 Å². The third-order valence-corrected chi connectivity index (χ3v) is 6.60. The van der Waals surface area contributed by atoms with Crippen LogP contribution in [0.25, 0.3) is 0 Å². The molecule has 34 heavy (non-hydrogen) atoms. The Morgan fingerprint density at radius 1 is 1.03 bits per heavy atom. The molecule has 0 radical (unpaired) electrons. The summed E-state index contributed by atoms with van der Waals surface area (Å²) in [6.45, 7) is 0.0244. The maximum atomic E-state index is 14.9. The van der Waals surface area contributed by atoms with Gasteiger partial charge in [-0.15, -0.1) is 5.10 Å². The van der Waals surface area contributed by atoms with E-state index < -0.39 is 34.9 Å². The van der Waals surface area contributed by atoms with Gasteiger partial charge in [0.05, 0.1) is 24.6 Å². The van der Waals surface area contributed by atoms with Crippen molar-refractivity contribution in [3.63, 3.8) is 0 Å². The Morgan fingerprint density at radius 3 is 2.47 bits per heavy atom. The van der Waals surface area contributed by atoms with Crippen LogP contribution >= 0.6 is 0 Å². The minimum atomic E-state index is -1.10. The molecule has 2 aliphatic heterocycles. The minimum Gasteiger partial charge on any atom is -0.406 e. The zero-order valence-corrected chi connectivity index (χ0v) is 18.4. The largest absolute Gasteiger partial charge is 0.406 e. The number of hydrogen-bond acceptors (Lipinski definition) is 7. The van der Waals surface area contributed by atoms with Gasteiger partial charge in [-0.2, -0.15) is 0 Å². The second-order valence-corrected chi connectivity index (χ2v) is 8.92. The minimum absolute atomic E-state index is 0.000391. The average molecular weight is 471 g/mol. The molecule has 2 saturated heterocycles. The fraction of sp³-hybridized carbons (Fsp3) is 0.478. The van der Waals surface area contributed by atoms with Crippen molar-refractivity contribution in [3.8, 4) is 0 Å². The van der Waals surface area contributed by atoms with Crippen LogP contribution in [0.1, 0.15) is 74.7 Å². The van der Waals surface area contributed by atoms with Crippen LogP contribution in [0, 0.1) is 11.6 Å². The summed E-state index contributed by atoms with van der Waals surface area (Å²) in [6.07, 6.45) is 5.41. The van der Waals surface area contributed by atoms with Crippen molar-refractivity contribution in [1.82, 2.24) is 15.5 Å². The highest BCUT2D eigenvalue weighted by Crippen LogP contribution is 2.34. The first-order chi connectivity index (χ1) is 16.4. The van der Waals surface area contributed by atoms with Gasteiger partial charge < -0.3 is 9.32 Å². The van der Waals surface area contributed by atoms with Gasteiger partial charge in [0.15, 0.2) is 0 Å². The number of nitrogens with one attached hydrogen (secondary N) is 1. The predicted molar refractivity (Wildman–Crippen MR) is 116 cm³/mol. The van der Waals surface area contributed by atoms with Crippen LogP contribution in [0.2, 0.25) is 0 Å². The highest BCUT2D eigenvalue weighted by molar-refractivity contribution is 6.17. The van der Waals surface area contributed by atoms with E-state index in [9.17, 15) is 23.2 Å². The van der Waals surface area contributed by atoms with Crippen molar-refractivity contribution >= 4 is 35.1 Å². The lowest BCUT2D eigenvalue weighted by Crippen LogP contribution is -2.40. The lowest BCUT2D eigenvalue weighted by atomic mass is 9.89. The van der Waals surface area contributed by atoms with Crippen LogP contribution < -0.4 is 10.2 Å². The molecule has 1 unspecified atom stereocenters. The Balaban J connectivity index is 1.33. The number of anilines is 1. The molecule has 0 bridgehead atoms. The third kappa shape index (κ3) is 4.34. The van der Waals surface area contributed by atoms with E-state index in [1.54, 1.807) is 0 Å². The molecule has 9 nitrogen and oxygen atoms in total. The molecule has 178 valence electrons. The summed E-state index contributed by atoms with van der Waals surface area (Å²) in [7, 11) is 0. The highest BCUT2D eigenvalue weighted by atomic mass is 19.1. The molecule has 3 heterocycles. The van der Waals surface area contributed by atoms with Crippen molar-refractivity contribution in [3.05, 3.63) is 35.2 Å². The molecule has 5 rings (SSSR count). The molecule has 1 atom stereocenters. The fourth-order valence-corrected chi connectivity index (χ4v) is 4.86. The van der Waals surface area contributed by atoms with Gasteiger partial charge in [-0.25, -0.2) is 13.8 Å². The maximum absolute atomic E-state index is 14.9. The van der Waals surface area contributed by atoms with E-state index in [1.807, 2.05) is 0 Å². The van der Waals surface area contributed by atoms with Crippen LogP contribution in [0.5, 0.6) is 0 Å². The van der Waals surface area contributed by atoms with Gasteiger partial charge in [0.1, 0.15) is 11.6 Å². The normalized spacial score (nSPS) is 23.1. The number of carbonyl (C=O) groups excluding carboxylic acids is 3. The molecule has 1 N–H and O–H groups in total. The smallest absolute Gasteiger partial charge is 0.342 e. The summed E-state index contributed by atoms with van der Waals surface area (Å²) in [5.41, 5.74) is 0.0592. The second-order valence-electron chi connectivity index (χ2n) is 8.92. The number of aliphatic imine (C=N–C) groups is 1. The molecule has 3 aliphatic rings. The summed E-state index contributed by atoms with van der Waals surface area (Å²) in [4.78, 5) is 41.5. The SMILES string of the molecule is O=C1CCC(c2c(F)cc(N3C/C(=N/c4nnc(C5CCCCC5)o4)CC3=O)cc2F)C(=O)N1. The van der Waals surface area contributed by atoms with Gasteiger partial charge in [0, 0.05) is 23.6 Å². The number of nitrogens with zero attached hydrogens (tertiary/aromatic N) is 4. The molecule has 1 aliphatic carbocycles. The van der Waals surface area contributed by atoms with E-state index in [4.69, 9.17) is 4.42 Å². The summed E-state index contributed by atoms with van der Waals surface area (Å²) >= 11 is 0. The lowest BCUT2D eigenvalue weighted by molar-refractivity contribution is -0.134. The molecular weight excluding hydrogens is 448 g/mol. The molecule has 11 heteroatoms.